The van der Waals surface area contributed by atoms with Gasteiger partial charge >= 0.3 is 11.9 Å². The summed E-state index contributed by atoms with van der Waals surface area (Å²) in [6.07, 6.45) is -0.279. The standard InChI is InChI=1S/C29H28N2O11/c1-38-20-6-13(7-21(39-2)27(20)35)24-14-8-18-19(42-12-41-18)9-15(14)26(16-11-40-29(37)25(16)24)30-17-10-22(32)31(28(17)36)5-3-4-23(33)34/h6-9,16,24-26,35H,3-5,10-12H2,1-2H3,(H,33,34)/t16-,24+,25-,26+/m0/s1. The highest BCUT2D eigenvalue weighted by molar-refractivity contribution is 6.48. The molecule has 0 aromatic heterocycles. The highest BCUT2D eigenvalue weighted by Gasteiger charge is 2.53. The number of nitrogens with zero attached hydrogens (tertiary/aromatic N) is 2. The second kappa shape index (κ2) is 10.5. The maximum absolute atomic E-state index is 13.3. The number of rotatable bonds is 8. The quantitative estimate of drug-likeness (QED) is 0.346. The zero-order chi connectivity index (χ0) is 29.7. The number of amides is 2. The van der Waals surface area contributed by atoms with Crippen LogP contribution in [0, 0.1) is 11.8 Å². The molecule has 0 unspecified atom stereocenters. The van der Waals surface area contributed by atoms with Gasteiger partial charge in [0.1, 0.15) is 5.71 Å². The van der Waals surface area contributed by atoms with E-state index in [2.05, 4.69) is 0 Å². The third-order valence-corrected chi connectivity index (χ3v) is 8.19. The fourth-order valence-electron chi connectivity index (χ4n) is 6.26. The summed E-state index contributed by atoms with van der Waals surface area (Å²) in [5, 5.41) is 19.5. The Hall–Kier alpha value is -4.81. The van der Waals surface area contributed by atoms with Crippen LogP contribution < -0.4 is 18.9 Å². The Kier molecular flexibility index (Phi) is 6.87. The van der Waals surface area contributed by atoms with Gasteiger partial charge in [-0.2, -0.15) is 0 Å². The van der Waals surface area contributed by atoms with E-state index < -0.39 is 47.5 Å². The number of esters is 1. The number of carboxylic acid groups (broad SMARTS) is 1. The van der Waals surface area contributed by atoms with Crippen molar-refractivity contribution in [1.29, 1.82) is 0 Å². The van der Waals surface area contributed by atoms with Crippen LogP contribution >= 0.6 is 0 Å². The summed E-state index contributed by atoms with van der Waals surface area (Å²) in [7, 11) is 2.82. The molecule has 0 radical (unpaired) electrons. The van der Waals surface area contributed by atoms with Gasteiger partial charge in [-0.25, -0.2) is 0 Å². The number of hydrogen-bond donors (Lipinski definition) is 2. The number of carboxylic acids is 1. The van der Waals surface area contributed by atoms with E-state index in [4.69, 9.17) is 33.8 Å². The number of fused-ring (bicyclic) bond motifs is 3. The third kappa shape index (κ3) is 4.45. The minimum absolute atomic E-state index is 0.0100. The number of carbonyl (C=O) groups excluding carboxylic acids is 3. The number of imide groups is 1. The van der Waals surface area contributed by atoms with E-state index >= 15 is 0 Å². The normalized spacial score (nSPS) is 25.0. The number of phenols is 1. The first-order valence-corrected chi connectivity index (χ1v) is 13.4. The fraction of sp³-hybridized carbons (Fsp3) is 0.414. The van der Waals surface area contributed by atoms with Crippen LogP contribution in [0.25, 0.3) is 0 Å². The fourth-order valence-corrected chi connectivity index (χ4v) is 6.26. The molecule has 2 saturated heterocycles. The number of hydrogen-bond acceptors (Lipinski definition) is 11. The van der Waals surface area contributed by atoms with E-state index in [1.807, 2.05) is 0 Å². The zero-order valence-electron chi connectivity index (χ0n) is 22.8. The van der Waals surface area contributed by atoms with E-state index in [1.165, 1.54) is 14.2 Å². The summed E-state index contributed by atoms with van der Waals surface area (Å²) in [6.45, 7) is 0.0193. The van der Waals surface area contributed by atoms with Gasteiger partial charge in [0.25, 0.3) is 5.91 Å². The van der Waals surface area contributed by atoms with E-state index in [0.717, 1.165) is 4.90 Å². The number of methoxy groups -OCH3 is 2. The molecular formula is C29H28N2O11. The van der Waals surface area contributed by atoms with Crippen LogP contribution in [-0.4, -0.2) is 78.7 Å². The smallest absolute Gasteiger partial charge is 0.310 e. The molecule has 13 nitrogen and oxygen atoms in total. The minimum Gasteiger partial charge on any atom is -0.502 e. The first-order chi connectivity index (χ1) is 20.2. The lowest BCUT2D eigenvalue weighted by atomic mass is 9.65. The SMILES string of the molecule is COc1cc([C@@H]2c3cc4c(cc3[C@@H](N=C3CC(=O)N(CCCC(=O)O)C3=O)[C@H]3COC(=O)[C@H]23)OCO4)cc(OC)c1O. The van der Waals surface area contributed by atoms with Crippen molar-refractivity contribution in [3.05, 3.63) is 41.0 Å². The van der Waals surface area contributed by atoms with E-state index in [1.54, 1.807) is 24.3 Å². The Morgan fingerprint density at radius 2 is 1.69 bits per heavy atom. The first kappa shape index (κ1) is 27.4. The molecule has 4 atom stereocenters. The summed E-state index contributed by atoms with van der Waals surface area (Å²) in [6, 6.07) is 6.11. The number of ether oxygens (including phenoxy) is 5. The largest absolute Gasteiger partial charge is 0.502 e. The Bertz CT molecular complexity index is 1510. The third-order valence-electron chi connectivity index (χ3n) is 8.19. The molecule has 4 aliphatic rings. The van der Waals surface area contributed by atoms with Crippen LogP contribution in [0.5, 0.6) is 28.7 Å². The lowest BCUT2D eigenvalue weighted by molar-refractivity contribution is -0.142. The topological polar surface area (TPSA) is 170 Å². The van der Waals surface area contributed by atoms with Crippen molar-refractivity contribution >= 4 is 29.5 Å². The number of aliphatic imine (C=N–C) groups is 1. The summed E-state index contributed by atoms with van der Waals surface area (Å²) < 4.78 is 27.6. The average molecular weight is 581 g/mol. The molecule has 0 bridgehead atoms. The Labute approximate surface area is 239 Å². The molecule has 42 heavy (non-hydrogen) atoms. The number of aromatic hydroxyl groups is 1. The van der Waals surface area contributed by atoms with Crippen molar-refractivity contribution in [3.63, 3.8) is 0 Å². The molecule has 2 amide bonds. The molecular weight excluding hydrogens is 552 g/mol. The molecule has 0 saturated carbocycles. The second-order valence-electron chi connectivity index (χ2n) is 10.5. The molecule has 2 aromatic carbocycles. The maximum atomic E-state index is 13.3. The van der Waals surface area contributed by atoms with Gasteiger partial charge in [0.05, 0.1) is 39.2 Å². The molecule has 13 heteroatoms. The van der Waals surface area contributed by atoms with Crippen LogP contribution in [0.4, 0.5) is 0 Å². The van der Waals surface area contributed by atoms with E-state index in [9.17, 15) is 24.3 Å². The van der Waals surface area contributed by atoms with Gasteiger partial charge in [-0.1, -0.05) is 0 Å². The van der Waals surface area contributed by atoms with Gasteiger partial charge in [0, 0.05) is 24.8 Å². The Morgan fingerprint density at radius 3 is 2.33 bits per heavy atom. The van der Waals surface area contributed by atoms with Crippen molar-refractivity contribution in [2.24, 2.45) is 16.8 Å². The number of likely N-dealkylation sites (tertiary alicyclic amines) is 1. The highest BCUT2D eigenvalue weighted by atomic mass is 16.7. The first-order valence-electron chi connectivity index (χ1n) is 13.4. The molecule has 3 aliphatic heterocycles. The lowest BCUT2D eigenvalue weighted by Gasteiger charge is -2.37. The lowest BCUT2D eigenvalue weighted by Crippen LogP contribution is -2.35. The van der Waals surface area contributed by atoms with Gasteiger partial charge in [0.15, 0.2) is 23.0 Å². The summed E-state index contributed by atoms with van der Waals surface area (Å²) in [5.41, 5.74) is 2.01. The van der Waals surface area contributed by atoms with Crippen LogP contribution in [0.3, 0.4) is 0 Å². The Balaban J connectivity index is 1.46. The molecule has 2 N–H and O–H groups in total. The number of cyclic esters (lactones) is 1. The van der Waals surface area contributed by atoms with Gasteiger partial charge in [-0.05, 0) is 47.4 Å². The highest BCUT2D eigenvalue weighted by Crippen LogP contribution is 2.56. The van der Waals surface area contributed by atoms with E-state index in [0.29, 0.717) is 28.2 Å². The van der Waals surface area contributed by atoms with Crippen molar-refractivity contribution in [2.45, 2.75) is 31.2 Å². The second-order valence-corrected chi connectivity index (χ2v) is 10.5. The van der Waals surface area contributed by atoms with Crippen LogP contribution in [0.1, 0.15) is 47.9 Å². The van der Waals surface area contributed by atoms with Gasteiger partial charge in [-0.3, -0.25) is 29.1 Å². The molecule has 1 aliphatic carbocycles. The van der Waals surface area contributed by atoms with Crippen LogP contribution in [-0.2, 0) is 23.9 Å². The predicted octanol–water partition coefficient (Wildman–Crippen LogP) is 2.18. The van der Waals surface area contributed by atoms with Gasteiger partial charge in [-0.15, -0.1) is 0 Å². The molecule has 2 aromatic rings. The minimum atomic E-state index is -1.02. The Morgan fingerprint density at radius 1 is 1.02 bits per heavy atom. The molecule has 220 valence electrons. The molecule has 6 rings (SSSR count). The summed E-state index contributed by atoms with van der Waals surface area (Å²) in [4.78, 5) is 55.9. The summed E-state index contributed by atoms with van der Waals surface area (Å²) >= 11 is 0. The predicted molar refractivity (Wildman–Crippen MR) is 142 cm³/mol. The monoisotopic (exact) mass is 580 g/mol. The van der Waals surface area contributed by atoms with Crippen LogP contribution in [0.2, 0.25) is 0 Å². The average Bonchev–Trinajstić information content (AvgIpc) is 3.66. The van der Waals surface area contributed by atoms with Crippen molar-refractivity contribution < 1.29 is 53.1 Å². The van der Waals surface area contributed by atoms with E-state index in [-0.39, 0.29) is 62.2 Å². The number of phenolic OH excluding ortho intramolecular Hbond substituents is 1. The van der Waals surface area contributed by atoms with Crippen molar-refractivity contribution in [2.75, 3.05) is 34.2 Å². The number of benzene rings is 2. The molecule has 0 spiro atoms. The number of aliphatic carboxylic acids is 1. The molecule has 3 heterocycles. The van der Waals surface area contributed by atoms with Crippen molar-refractivity contribution in [1.82, 2.24) is 4.90 Å². The van der Waals surface area contributed by atoms with Crippen LogP contribution in [0.15, 0.2) is 29.3 Å². The summed E-state index contributed by atoms with van der Waals surface area (Å²) in [5.74, 6) is -3.22. The number of carbonyl (C=O) groups is 4. The van der Waals surface area contributed by atoms with Crippen molar-refractivity contribution in [3.8, 4) is 28.7 Å². The zero-order valence-corrected chi connectivity index (χ0v) is 22.8. The van der Waals surface area contributed by atoms with Gasteiger partial charge < -0.3 is 33.9 Å². The van der Waals surface area contributed by atoms with Gasteiger partial charge in [0.2, 0.25) is 18.4 Å². The maximum Gasteiger partial charge on any atom is 0.310 e. The molecule has 2 fully saturated rings.